The number of hydrogen-bond donors (Lipinski definition) is 3. The van der Waals surface area contributed by atoms with Crippen molar-refractivity contribution in [1.82, 2.24) is 0 Å². The van der Waals surface area contributed by atoms with Gasteiger partial charge in [0.05, 0.1) is 18.8 Å². The van der Waals surface area contributed by atoms with Gasteiger partial charge in [-0.05, 0) is 117 Å². The average molecular weight is 951 g/mol. The van der Waals surface area contributed by atoms with Gasteiger partial charge in [-0.3, -0.25) is 4.79 Å². The third kappa shape index (κ3) is 10.2. The summed E-state index contributed by atoms with van der Waals surface area (Å²) < 4.78 is 32.4. The second-order valence-electron chi connectivity index (χ2n) is 20.2. The molecule has 1 saturated carbocycles. The zero-order valence-corrected chi connectivity index (χ0v) is 40.6. The first-order chi connectivity index (χ1) is 34.0. The number of esters is 2. The molecule has 11 nitrogen and oxygen atoms in total. The highest BCUT2D eigenvalue weighted by atomic mass is 16.6. The number of aliphatic hydroxyl groups is 3. The molecule has 70 heavy (non-hydrogen) atoms. The lowest BCUT2D eigenvalue weighted by Crippen LogP contribution is -2.58. The van der Waals surface area contributed by atoms with Gasteiger partial charge in [-0.2, -0.15) is 0 Å². The highest BCUT2D eigenvalue weighted by Crippen LogP contribution is 2.53. The molecule has 0 radical (unpaired) electrons. The van der Waals surface area contributed by atoms with Gasteiger partial charge in [-0.1, -0.05) is 116 Å². The fraction of sp³-hybridized carbons (Fsp3) is 0.441. The number of carbonyl (C=O) groups excluding carboxylic acids is 2. The summed E-state index contributed by atoms with van der Waals surface area (Å²) in [6.07, 6.45) is 9.30. The number of hydrogen-bond acceptors (Lipinski definition) is 11. The standard InChI is InChI=1S/C59H66O11/c1-36(2)46-23-19-37-17-20-40(21-18-37)47-24-22-42(41-14-10-13-39(30-41)29-38-11-6-4-7-12-38)31-44(47)32-51(63)67-55-53-50(70-59(3,56(55)69-57(46)64)45-15-8-5-9-16-45)26-25-48-49(33-61)52(58(65)68-54(48)53)43(27-28-60)34-66-35-62/h4,6-7,10-14,17-18,20-22,24-26,30,42-45,47,55-56,60-62H,5,8-9,15-16,19,23,27-29,31-35H2,1-3H3. The summed E-state index contributed by atoms with van der Waals surface area (Å²) >= 11 is 0. The predicted molar refractivity (Wildman–Crippen MR) is 266 cm³/mol. The molecular formula is C59H66O11. The number of aryl methyl sites for hydroxylation is 1. The van der Waals surface area contributed by atoms with Crippen molar-refractivity contribution in [3.05, 3.63) is 169 Å². The molecule has 3 aliphatic heterocycles. The Bertz CT molecular complexity index is 2780. The molecule has 11 heteroatoms. The molecule has 1 fully saturated rings. The minimum atomic E-state index is -1.28. The minimum Gasteiger partial charge on any atom is -0.483 e. The Morgan fingerprint density at radius 1 is 0.829 bits per heavy atom. The van der Waals surface area contributed by atoms with E-state index in [1.165, 1.54) is 16.7 Å². The molecule has 10 rings (SSSR count). The van der Waals surface area contributed by atoms with E-state index in [4.69, 9.17) is 23.4 Å². The Morgan fingerprint density at radius 3 is 2.33 bits per heavy atom. The molecule has 2 aliphatic carbocycles. The van der Waals surface area contributed by atoms with Crippen molar-refractivity contribution in [2.45, 2.75) is 134 Å². The summed E-state index contributed by atoms with van der Waals surface area (Å²) in [4.78, 5) is 44.4. The number of rotatable bonds is 11. The topological polar surface area (TPSA) is 162 Å². The second-order valence-corrected chi connectivity index (χ2v) is 20.2. The highest BCUT2D eigenvalue weighted by molar-refractivity contribution is 5.90. The van der Waals surface area contributed by atoms with Crippen molar-refractivity contribution < 1.29 is 48.3 Å². The van der Waals surface area contributed by atoms with E-state index < -0.39 is 54.7 Å². The van der Waals surface area contributed by atoms with Gasteiger partial charge in [0.2, 0.25) is 0 Å². The lowest BCUT2D eigenvalue weighted by molar-refractivity contribution is -0.201. The molecule has 3 N–H and O–H groups in total. The third-order valence-electron chi connectivity index (χ3n) is 15.6. The van der Waals surface area contributed by atoms with E-state index in [0.717, 1.165) is 55.2 Å². The van der Waals surface area contributed by atoms with E-state index in [1.54, 1.807) is 12.1 Å². The Morgan fingerprint density at radius 2 is 1.60 bits per heavy atom. The van der Waals surface area contributed by atoms with E-state index in [1.807, 2.05) is 26.8 Å². The second kappa shape index (κ2) is 21.6. The minimum absolute atomic E-state index is 0.0333. The maximum atomic E-state index is 15.2. The predicted octanol–water partition coefficient (Wildman–Crippen LogP) is 10.4. The summed E-state index contributed by atoms with van der Waals surface area (Å²) in [7, 11) is 0. The van der Waals surface area contributed by atoms with Crippen molar-refractivity contribution in [3.63, 3.8) is 0 Å². The van der Waals surface area contributed by atoms with Crippen LogP contribution in [0.1, 0.15) is 147 Å². The molecule has 1 aromatic heterocycles. The molecule has 5 aromatic rings. The molecular weight excluding hydrogens is 885 g/mol. The molecule has 5 aliphatic rings. The molecule has 4 heterocycles. The average Bonchev–Trinajstić information content (AvgIpc) is 3.36. The van der Waals surface area contributed by atoms with Crippen molar-refractivity contribution in [2.75, 3.05) is 20.0 Å². The summed E-state index contributed by atoms with van der Waals surface area (Å²) in [6.45, 7) is 4.18. The van der Waals surface area contributed by atoms with Crippen LogP contribution in [0.2, 0.25) is 0 Å². The maximum absolute atomic E-state index is 15.2. The van der Waals surface area contributed by atoms with E-state index >= 15 is 4.79 Å². The number of benzene rings is 4. The molecule has 0 saturated heterocycles. The van der Waals surface area contributed by atoms with Crippen LogP contribution in [0.4, 0.5) is 0 Å². The van der Waals surface area contributed by atoms with Gasteiger partial charge in [0, 0.05) is 53.2 Å². The summed E-state index contributed by atoms with van der Waals surface area (Å²) in [5.41, 5.74) is 5.78. The Balaban J connectivity index is 1.18. The van der Waals surface area contributed by atoms with E-state index in [9.17, 15) is 24.9 Å². The maximum Gasteiger partial charge on any atom is 0.340 e. The molecule has 7 atom stereocenters. The van der Waals surface area contributed by atoms with E-state index in [-0.39, 0.29) is 72.0 Å². The van der Waals surface area contributed by atoms with Crippen molar-refractivity contribution in [3.8, 4) is 5.75 Å². The zero-order chi connectivity index (χ0) is 48.9. The number of aliphatic hydroxyl groups excluding tert-OH is 3. The van der Waals surface area contributed by atoms with Crippen LogP contribution in [0.25, 0.3) is 11.0 Å². The fourth-order valence-corrected chi connectivity index (χ4v) is 11.9. The molecule has 368 valence electrons. The largest absolute Gasteiger partial charge is 0.483 e. The van der Waals surface area contributed by atoms with Crippen molar-refractivity contribution in [1.29, 1.82) is 0 Å². The Kier molecular flexibility index (Phi) is 15.2. The Labute approximate surface area is 410 Å². The van der Waals surface area contributed by atoms with Crippen LogP contribution >= 0.6 is 0 Å². The van der Waals surface area contributed by atoms with E-state index in [0.29, 0.717) is 36.0 Å². The van der Waals surface area contributed by atoms with Crippen LogP contribution in [0.15, 0.2) is 124 Å². The smallest absolute Gasteiger partial charge is 0.340 e. The van der Waals surface area contributed by atoms with Crippen LogP contribution in [-0.2, 0) is 43.2 Å². The van der Waals surface area contributed by atoms with Crippen molar-refractivity contribution in [2.24, 2.45) is 11.8 Å². The monoisotopic (exact) mass is 950 g/mol. The van der Waals surface area contributed by atoms with Gasteiger partial charge in [-0.15, -0.1) is 0 Å². The number of carbonyl (C=O) groups is 2. The van der Waals surface area contributed by atoms with Crippen LogP contribution in [0, 0.1) is 11.8 Å². The number of fused-ring (bicyclic) bond motifs is 11. The SMILES string of the molecule is CC(C)=C1CCc2ccc(cc2)C2C=CC(c3cccc(Cc4ccccc4)c3)CC2CC(=O)OC2c3c(ccc4c(CO)c(C(CCO)COCO)c(=O)oc34)OC(C)(C3CCCCC3)C2OC1=O. The highest BCUT2D eigenvalue weighted by Gasteiger charge is 2.56. The van der Waals surface area contributed by atoms with E-state index in [2.05, 4.69) is 84.9 Å². The van der Waals surface area contributed by atoms with Gasteiger partial charge in [0.1, 0.15) is 23.7 Å². The zero-order valence-electron chi connectivity index (χ0n) is 40.6. The number of ether oxygens (including phenoxy) is 4. The molecule has 0 amide bonds. The molecule has 2 bridgehead atoms. The van der Waals surface area contributed by atoms with Gasteiger partial charge >= 0.3 is 17.6 Å². The fourth-order valence-electron chi connectivity index (χ4n) is 11.9. The lowest BCUT2D eigenvalue weighted by Gasteiger charge is -2.50. The summed E-state index contributed by atoms with van der Waals surface area (Å²) in [5.74, 6) is -1.75. The van der Waals surface area contributed by atoms with Crippen LogP contribution in [0.5, 0.6) is 5.75 Å². The summed E-state index contributed by atoms with van der Waals surface area (Å²) in [5, 5.41) is 30.9. The Hall–Kier alpha value is -5.85. The van der Waals surface area contributed by atoms with Crippen LogP contribution < -0.4 is 10.4 Å². The molecule has 4 aromatic carbocycles. The van der Waals surface area contributed by atoms with Crippen LogP contribution in [-0.4, -0.2) is 59.0 Å². The first kappa shape index (κ1) is 49.1. The van der Waals surface area contributed by atoms with Crippen molar-refractivity contribution >= 4 is 22.9 Å². The van der Waals surface area contributed by atoms with Gasteiger partial charge < -0.3 is 38.7 Å². The quantitative estimate of drug-likeness (QED) is 0.0380. The van der Waals surface area contributed by atoms with Gasteiger partial charge in [-0.25, -0.2) is 9.59 Å². The third-order valence-corrected chi connectivity index (χ3v) is 15.6. The normalized spacial score (nSPS) is 24.5. The van der Waals surface area contributed by atoms with Gasteiger partial charge in [0.15, 0.2) is 12.2 Å². The molecule has 7 unspecified atom stereocenters. The lowest BCUT2D eigenvalue weighted by atomic mass is 9.71. The first-order valence-corrected chi connectivity index (χ1v) is 25.2. The number of allylic oxidation sites excluding steroid dienone is 3. The first-order valence-electron chi connectivity index (χ1n) is 25.2. The molecule has 0 spiro atoms. The van der Waals surface area contributed by atoms with Gasteiger partial charge in [0.25, 0.3) is 0 Å². The summed E-state index contributed by atoms with van der Waals surface area (Å²) in [6, 6.07) is 31.1. The van der Waals surface area contributed by atoms with Crippen LogP contribution in [0.3, 0.4) is 0 Å².